The van der Waals surface area contributed by atoms with E-state index in [2.05, 4.69) is 21.4 Å². The fourth-order valence-electron chi connectivity index (χ4n) is 4.31. The predicted molar refractivity (Wildman–Crippen MR) is 111 cm³/mol. The smallest absolute Gasteiger partial charge is 0.412 e. The quantitative estimate of drug-likeness (QED) is 0.734. The maximum Gasteiger partial charge on any atom is 0.412 e. The molecule has 0 unspecified atom stereocenters. The molecule has 2 aromatic rings. The van der Waals surface area contributed by atoms with E-state index >= 15 is 0 Å². The Balaban J connectivity index is 1.53. The van der Waals surface area contributed by atoms with Gasteiger partial charge in [0.1, 0.15) is 5.82 Å². The molecule has 0 saturated carbocycles. The van der Waals surface area contributed by atoms with Crippen molar-refractivity contribution in [2.24, 2.45) is 0 Å². The summed E-state index contributed by atoms with van der Waals surface area (Å²) in [6, 6.07) is 3.99. The molecule has 1 N–H and O–H groups in total. The van der Waals surface area contributed by atoms with E-state index in [1.54, 1.807) is 32.3 Å². The van der Waals surface area contributed by atoms with Crippen molar-refractivity contribution in [2.45, 2.75) is 71.0 Å². The fourth-order valence-corrected chi connectivity index (χ4v) is 4.31. The minimum atomic E-state index is -1.11. The first-order valence-electron chi connectivity index (χ1n) is 10.6. The summed E-state index contributed by atoms with van der Waals surface area (Å²) in [6.07, 6.45) is 7.34. The first-order valence-corrected chi connectivity index (χ1v) is 10.6. The van der Waals surface area contributed by atoms with Crippen LogP contribution in [0, 0.1) is 0 Å². The van der Waals surface area contributed by atoms with Gasteiger partial charge in [-0.2, -0.15) is 0 Å². The summed E-state index contributed by atoms with van der Waals surface area (Å²) in [5.41, 5.74) is 5.94. The summed E-state index contributed by atoms with van der Waals surface area (Å²) in [6.45, 7) is 3.51. The van der Waals surface area contributed by atoms with Gasteiger partial charge in [0.25, 0.3) is 0 Å². The third-order valence-electron chi connectivity index (χ3n) is 5.55. The van der Waals surface area contributed by atoms with Crippen LogP contribution in [-0.4, -0.2) is 34.2 Å². The average molecular weight is 409 g/mol. The molecule has 0 aliphatic heterocycles. The number of fused-ring (bicyclic) bond motifs is 2. The second kappa shape index (κ2) is 8.81. The van der Waals surface area contributed by atoms with Crippen molar-refractivity contribution < 1.29 is 19.1 Å². The fraction of sp³-hybridized carbons (Fsp3) is 0.478. The molecule has 0 spiro atoms. The molecule has 0 saturated heterocycles. The van der Waals surface area contributed by atoms with Gasteiger partial charge in [-0.15, -0.1) is 0 Å². The lowest BCUT2D eigenvalue weighted by atomic mass is 9.99. The summed E-state index contributed by atoms with van der Waals surface area (Å²) >= 11 is 0. The number of ether oxygens (including phenoxy) is 2. The molecule has 1 aromatic carbocycles. The lowest BCUT2D eigenvalue weighted by molar-refractivity contribution is -0.157. The van der Waals surface area contributed by atoms with Crippen LogP contribution in [0.25, 0.3) is 0 Å². The number of hydrogen-bond acceptors (Lipinski definition) is 6. The van der Waals surface area contributed by atoms with Gasteiger partial charge in [-0.3, -0.25) is 5.32 Å². The van der Waals surface area contributed by atoms with E-state index in [1.165, 1.54) is 22.3 Å². The topological polar surface area (TPSA) is 90.4 Å². The van der Waals surface area contributed by atoms with E-state index in [9.17, 15) is 9.59 Å². The standard InChI is InChI=1S/C23H27N3O4/c1-14(2)29-22(27)19(13-20-24-10-5-11-25-20)30-23(28)26-21-17-8-3-6-15(17)12-16-7-4-9-18(16)21/h5,10-12,14,19H,3-4,6-9,13H2,1-2H3,(H,26,28)/t19-/m1/s1. The van der Waals surface area contributed by atoms with Crippen molar-refractivity contribution >= 4 is 17.7 Å². The molecule has 158 valence electrons. The SMILES string of the molecule is CC(C)OC(=O)[C@@H](Cc1ncccn1)OC(=O)Nc1c2c(cc3c1CCC3)CCC2. The van der Waals surface area contributed by atoms with Crippen LogP contribution in [0.3, 0.4) is 0 Å². The molecule has 2 aliphatic rings. The monoisotopic (exact) mass is 409 g/mol. The van der Waals surface area contributed by atoms with Crippen LogP contribution in [0.4, 0.5) is 10.5 Å². The van der Waals surface area contributed by atoms with E-state index in [1.807, 2.05) is 0 Å². The number of rotatable bonds is 6. The zero-order valence-electron chi connectivity index (χ0n) is 17.4. The molecular formula is C23H27N3O4. The lowest BCUT2D eigenvalue weighted by Crippen LogP contribution is -2.35. The van der Waals surface area contributed by atoms with E-state index in [0.29, 0.717) is 5.82 Å². The van der Waals surface area contributed by atoms with E-state index in [-0.39, 0.29) is 12.5 Å². The molecule has 1 aromatic heterocycles. The molecule has 4 rings (SSSR count). The van der Waals surface area contributed by atoms with E-state index < -0.39 is 18.2 Å². The van der Waals surface area contributed by atoms with Crippen molar-refractivity contribution in [2.75, 3.05) is 5.32 Å². The number of benzene rings is 1. The maximum absolute atomic E-state index is 12.8. The second-order valence-corrected chi connectivity index (χ2v) is 8.11. The molecule has 0 radical (unpaired) electrons. The number of hydrogen-bond donors (Lipinski definition) is 1. The van der Waals surface area contributed by atoms with Crippen LogP contribution in [0.1, 0.15) is 54.8 Å². The van der Waals surface area contributed by atoms with Gasteiger partial charge in [0.15, 0.2) is 0 Å². The minimum Gasteiger partial charge on any atom is -0.460 e. The van der Waals surface area contributed by atoms with Crippen LogP contribution in [0.15, 0.2) is 24.5 Å². The minimum absolute atomic E-state index is 0.0603. The first kappa shape index (κ1) is 20.3. The summed E-state index contributed by atoms with van der Waals surface area (Å²) in [7, 11) is 0. The third kappa shape index (κ3) is 4.45. The van der Waals surface area contributed by atoms with Gasteiger partial charge < -0.3 is 9.47 Å². The number of carbonyl (C=O) groups excluding carboxylic acids is 2. The third-order valence-corrected chi connectivity index (χ3v) is 5.55. The van der Waals surface area contributed by atoms with Gasteiger partial charge in [-0.1, -0.05) is 6.07 Å². The highest BCUT2D eigenvalue weighted by molar-refractivity contribution is 5.90. The normalized spacial score (nSPS) is 15.4. The average Bonchev–Trinajstić information content (AvgIpc) is 3.37. The number of aromatic nitrogens is 2. The summed E-state index contributed by atoms with van der Waals surface area (Å²) in [5, 5.41) is 2.96. The van der Waals surface area contributed by atoms with Crippen molar-refractivity contribution in [3.8, 4) is 0 Å². The van der Waals surface area contributed by atoms with Gasteiger partial charge in [-0.05, 0) is 80.7 Å². The maximum atomic E-state index is 12.8. The lowest BCUT2D eigenvalue weighted by Gasteiger charge is -2.20. The molecule has 1 heterocycles. The van der Waals surface area contributed by atoms with Crippen LogP contribution < -0.4 is 5.32 Å². The number of aryl methyl sites for hydroxylation is 2. The largest absolute Gasteiger partial charge is 0.460 e. The molecule has 7 nitrogen and oxygen atoms in total. The predicted octanol–water partition coefficient (Wildman–Crippen LogP) is 3.57. The molecule has 1 amide bonds. The van der Waals surface area contributed by atoms with Crippen LogP contribution in [0.5, 0.6) is 0 Å². The number of amides is 1. The zero-order valence-corrected chi connectivity index (χ0v) is 17.4. The Morgan fingerprint density at radius 2 is 1.63 bits per heavy atom. The summed E-state index contributed by atoms with van der Waals surface area (Å²) in [5.74, 6) is -0.186. The molecule has 0 bridgehead atoms. The first-order chi connectivity index (χ1) is 14.5. The number of nitrogens with one attached hydrogen (secondary N) is 1. The molecule has 30 heavy (non-hydrogen) atoms. The van der Waals surface area contributed by atoms with Gasteiger partial charge in [0, 0.05) is 12.4 Å². The Morgan fingerprint density at radius 1 is 1.00 bits per heavy atom. The Labute approximate surface area is 176 Å². The number of esters is 1. The Bertz CT molecular complexity index is 911. The van der Waals surface area contributed by atoms with E-state index in [4.69, 9.17) is 9.47 Å². The van der Waals surface area contributed by atoms with Crippen molar-refractivity contribution in [1.29, 1.82) is 0 Å². The van der Waals surface area contributed by atoms with E-state index in [0.717, 1.165) is 44.2 Å². The van der Waals surface area contributed by atoms with Crippen molar-refractivity contribution in [3.63, 3.8) is 0 Å². The zero-order chi connectivity index (χ0) is 21.1. The highest BCUT2D eigenvalue weighted by Crippen LogP contribution is 2.38. The molecule has 0 fully saturated rings. The van der Waals surface area contributed by atoms with Crippen LogP contribution in [0.2, 0.25) is 0 Å². The molecule has 2 aliphatic carbocycles. The molecular weight excluding hydrogens is 382 g/mol. The van der Waals surface area contributed by atoms with Gasteiger partial charge in [0.05, 0.1) is 18.2 Å². The second-order valence-electron chi connectivity index (χ2n) is 8.11. The van der Waals surface area contributed by atoms with Gasteiger partial charge >= 0.3 is 12.1 Å². The summed E-state index contributed by atoms with van der Waals surface area (Å²) < 4.78 is 10.8. The highest BCUT2D eigenvalue weighted by Gasteiger charge is 2.29. The van der Waals surface area contributed by atoms with Crippen molar-refractivity contribution in [1.82, 2.24) is 9.97 Å². The van der Waals surface area contributed by atoms with Gasteiger partial charge in [-0.25, -0.2) is 19.6 Å². The van der Waals surface area contributed by atoms with Crippen molar-refractivity contribution in [3.05, 3.63) is 52.6 Å². The highest BCUT2D eigenvalue weighted by atomic mass is 16.6. The number of anilines is 1. The number of carbonyl (C=O) groups is 2. The van der Waals surface area contributed by atoms with Gasteiger partial charge in [0.2, 0.25) is 6.10 Å². The molecule has 7 heteroatoms. The van der Waals surface area contributed by atoms with Crippen LogP contribution in [-0.2, 0) is 46.4 Å². The summed E-state index contributed by atoms with van der Waals surface area (Å²) in [4.78, 5) is 33.6. The Hall–Kier alpha value is -2.96. The van der Waals surface area contributed by atoms with Crippen LogP contribution >= 0.6 is 0 Å². The molecule has 1 atom stereocenters. The Morgan fingerprint density at radius 3 is 2.23 bits per heavy atom. The Kier molecular flexibility index (Phi) is 5.97. The number of nitrogens with zero attached hydrogens (tertiary/aromatic N) is 2.